The van der Waals surface area contributed by atoms with Gasteiger partial charge < -0.3 is 14.3 Å². The van der Waals surface area contributed by atoms with Crippen LogP contribution in [0.5, 0.6) is 0 Å². The van der Waals surface area contributed by atoms with Gasteiger partial charge in [-0.1, -0.05) is 0 Å². The first kappa shape index (κ1) is 15.2. The van der Waals surface area contributed by atoms with Crippen molar-refractivity contribution in [1.29, 1.82) is 0 Å². The number of rotatable bonds is 5. The molecule has 1 rings (SSSR count). The minimum atomic E-state index is -4.95. The fourth-order valence-corrected chi connectivity index (χ4v) is 1.56. The average Bonchev–Trinajstić information content (AvgIpc) is 2.30. The third-order valence-corrected chi connectivity index (χ3v) is 2.49. The molecule has 0 atom stereocenters. The van der Waals surface area contributed by atoms with Crippen LogP contribution in [0.4, 0.5) is 13.2 Å². The van der Waals surface area contributed by atoms with E-state index in [4.69, 9.17) is 9.47 Å². The summed E-state index contributed by atoms with van der Waals surface area (Å²) < 4.78 is 46.1. The lowest BCUT2D eigenvalue weighted by Crippen LogP contribution is -2.41. The number of nitrogens with zero attached hydrogens (tertiary/aromatic N) is 1. The predicted octanol–water partition coefficient (Wildman–Crippen LogP) is 1.13. The molecular formula is C10H16F3NO4. The maximum absolute atomic E-state index is 11.9. The zero-order valence-corrected chi connectivity index (χ0v) is 10.0. The lowest BCUT2D eigenvalue weighted by molar-refractivity contribution is -0.244. The Morgan fingerprint density at radius 1 is 1.28 bits per heavy atom. The van der Waals surface area contributed by atoms with Gasteiger partial charge in [0.05, 0.1) is 19.3 Å². The number of alkyl halides is 3. The maximum atomic E-state index is 11.9. The number of methoxy groups -OCH3 is 1. The van der Waals surface area contributed by atoms with E-state index in [1.165, 1.54) is 0 Å². The Labute approximate surface area is 103 Å². The van der Waals surface area contributed by atoms with E-state index in [1.807, 2.05) is 0 Å². The molecule has 0 unspecified atom stereocenters. The average molecular weight is 271 g/mol. The van der Waals surface area contributed by atoms with E-state index >= 15 is 0 Å². The lowest BCUT2D eigenvalue weighted by atomic mass is 10.1. The molecule has 0 aromatic rings. The highest BCUT2D eigenvalue weighted by Crippen LogP contribution is 2.20. The van der Waals surface area contributed by atoms with E-state index < -0.39 is 12.1 Å². The van der Waals surface area contributed by atoms with Gasteiger partial charge in [-0.25, -0.2) is 4.79 Å². The molecule has 8 heteroatoms. The molecule has 106 valence electrons. The van der Waals surface area contributed by atoms with Crippen molar-refractivity contribution in [3.63, 3.8) is 0 Å². The van der Waals surface area contributed by atoms with Crippen LogP contribution >= 0.6 is 0 Å². The highest BCUT2D eigenvalue weighted by Gasteiger charge is 2.42. The van der Waals surface area contributed by atoms with E-state index in [-0.39, 0.29) is 19.2 Å². The van der Waals surface area contributed by atoms with Crippen LogP contribution in [0.25, 0.3) is 0 Å². The summed E-state index contributed by atoms with van der Waals surface area (Å²) in [5.41, 5.74) is 0. The number of hydrogen-bond acceptors (Lipinski definition) is 5. The van der Waals surface area contributed by atoms with Crippen molar-refractivity contribution in [2.75, 3.05) is 33.4 Å². The molecule has 1 aliphatic heterocycles. The third-order valence-electron chi connectivity index (χ3n) is 2.49. The fourth-order valence-electron chi connectivity index (χ4n) is 1.56. The number of hydrogen-bond donors (Lipinski definition) is 0. The number of ether oxygens (including phenoxy) is 2. The van der Waals surface area contributed by atoms with Gasteiger partial charge in [0.2, 0.25) is 0 Å². The highest BCUT2D eigenvalue weighted by atomic mass is 19.4. The standard InChI is InChI=1S/C10H16F3NO4/c1-16-6-7-17-8-2-4-14(5-3-8)18-9(15)10(11,12)13/h8H,2-7H2,1H3. The number of carbonyl (C=O) groups excluding carboxylic acids is 1. The van der Waals surface area contributed by atoms with Crippen LogP contribution in [0.3, 0.4) is 0 Å². The zero-order chi connectivity index (χ0) is 13.6. The Bertz CT molecular complexity index is 264. The Morgan fingerprint density at radius 2 is 1.89 bits per heavy atom. The van der Waals surface area contributed by atoms with Crippen LogP contribution in [0, 0.1) is 0 Å². The molecule has 0 N–H and O–H groups in total. The maximum Gasteiger partial charge on any atom is 0.492 e. The van der Waals surface area contributed by atoms with E-state index in [1.54, 1.807) is 7.11 Å². The molecule has 1 fully saturated rings. The van der Waals surface area contributed by atoms with Gasteiger partial charge in [0.15, 0.2) is 0 Å². The predicted molar refractivity (Wildman–Crippen MR) is 54.6 cm³/mol. The molecule has 5 nitrogen and oxygen atoms in total. The highest BCUT2D eigenvalue weighted by molar-refractivity contribution is 5.75. The zero-order valence-electron chi connectivity index (χ0n) is 10.0. The minimum absolute atomic E-state index is 0.0269. The fraction of sp³-hybridized carbons (Fsp3) is 0.900. The van der Waals surface area contributed by atoms with Crippen LogP contribution in [0.2, 0.25) is 0 Å². The van der Waals surface area contributed by atoms with E-state index in [2.05, 4.69) is 4.84 Å². The summed E-state index contributed by atoms with van der Waals surface area (Å²) in [5.74, 6) is -2.18. The molecule has 0 amide bonds. The second kappa shape index (κ2) is 6.91. The summed E-state index contributed by atoms with van der Waals surface area (Å²) in [6.07, 6.45) is -3.93. The van der Waals surface area contributed by atoms with Crippen LogP contribution in [0.1, 0.15) is 12.8 Å². The molecule has 0 radical (unpaired) electrons. The molecule has 1 aliphatic rings. The Kier molecular flexibility index (Phi) is 5.83. The normalized spacial score (nSPS) is 18.9. The number of piperidine rings is 1. The first-order valence-electron chi connectivity index (χ1n) is 5.58. The van der Waals surface area contributed by atoms with Gasteiger partial charge in [0.1, 0.15) is 0 Å². The first-order chi connectivity index (χ1) is 8.43. The summed E-state index contributed by atoms with van der Waals surface area (Å²) >= 11 is 0. The van der Waals surface area contributed by atoms with Gasteiger partial charge in [-0.15, -0.1) is 5.06 Å². The number of carbonyl (C=O) groups is 1. The van der Waals surface area contributed by atoms with Crippen molar-refractivity contribution >= 4 is 5.97 Å². The second-order valence-corrected chi connectivity index (χ2v) is 3.87. The Balaban J connectivity index is 2.21. The molecule has 1 saturated heterocycles. The SMILES string of the molecule is COCCOC1CCN(OC(=O)C(F)(F)F)CC1. The lowest BCUT2D eigenvalue weighted by Gasteiger charge is -2.30. The summed E-state index contributed by atoms with van der Waals surface area (Å²) in [6, 6.07) is 0. The topological polar surface area (TPSA) is 48.0 Å². The second-order valence-electron chi connectivity index (χ2n) is 3.87. The third kappa shape index (κ3) is 5.19. The van der Waals surface area contributed by atoms with Gasteiger partial charge >= 0.3 is 12.1 Å². The smallest absolute Gasteiger partial charge is 0.382 e. The van der Waals surface area contributed by atoms with Gasteiger partial charge in [0.25, 0.3) is 0 Å². The first-order valence-corrected chi connectivity index (χ1v) is 5.58. The van der Waals surface area contributed by atoms with E-state index in [0.29, 0.717) is 26.1 Å². The van der Waals surface area contributed by atoms with E-state index in [9.17, 15) is 18.0 Å². The van der Waals surface area contributed by atoms with Gasteiger partial charge in [-0.2, -0.15) is 13.2 Å². The molecule has 18 heavy (non-hydrogen) atoms. The monoisotopic (exact) mass is 271 g/mol. The number of hydroxylamine groups is 2. The Hall–Kier alpha value is -0.860. The molecule has 0 spiro atoms. The van der Waals surface area contributed by atoms with Crippen molar-refractivity contribution in [3.8, 4) is 0 Å². The van der Waals surface area contributed by atoms with Gasteiger partial charge in [0, 0.05) is 20.2 Å². The molecule has 1 heterocycles. The molecule has 0 aromatic carbocycles. The Morgan fingerprint density at radius 3 is 2.39 bits per heavy atom. The molecule has 0 aromatic heterocycles. The minimum Gasteiger partial charge on any atom is -0.382 e. The molecular weight excluding hydrogens is 255 g/mol. The van der Waals surface area contributed by atoms with Gasteiger partial charge in [-0.05, 0) is 12.8 Å². The summed E-state index contributed by atoms with van der Waals surface area (Å²) in [6.45, 7) is 1.39. The van der Waals surface area contributed by atoms with Crippen molar-refractivity contribution < 1.29 is 32.3 Å². The van der Waals surface area contributed by atoms with Gasteiger partial charge in [-0.3, -0.25) is 0 Å². The summed E-state index contributed by atoms with van der Waals surface area (Å²) in [7, 11) is 1.56. The van der Waals surface area contributed by atoms with Crippen molar-refractivity contribution in [1.82, 2.24) is 5.06 Å². The van der Waals surface area contributed by atoms with Crippen molar-refractivity contribution in [2.45, 2.75) is 25.1 Å². The van der Waals surface area contributed by atoms with Crippen molar-refractivity contribution in [3.05, 3.63) is 0 Å². The van der Waals surface area contributed by atoms with E-state index in [0.717, 1.165) is 5.06 Å². The molecule has 0 saturated carbocycles. The quantitative estimate of drug-likeness (QED) is 0.702. The summed E-state index contributed by atoms with van der Waals surface area (Å²) in [4.78, 5) is 14.8. The van der Waals surface area contributed by atoms with Crippen LogP contribution < -0.4 is 0 Å². The molecule has 0 aliphatic carbocycles. The van der Waals surface area contributed by atoms with Crippen LogP contribution in [-0.2, 0) is 19.1 Å². The van der Waals surface area contributed by atoms with Crippen LogP contribution in [-0.4, -0.2) is 56.7 Å². The van der Waals surface area contributed by atoms with Crippen molar-refractivity contribution in [2.24, 2.45) is 0 Å². The largest absolute Gasteiger partial charge is 0.492 e. The summed E-state index contributed by atoms with van der Waals surface area (Å²) in [5, 5.41) is 1.02. The van der Waals surface area contributed by atoms with Crippen LogP contribution in [0.15, 0.2) is 0 Å². The number of halogens is 3. The molecule has 0 bridgehead atoms.